The molecule has 0 heterocycles. The zero-order valence-corrected chi connectivity index (χ0v) is 14.0. The van der Waals surface area contributed by atoms with E-state index in [-0.39, 0.29) is 12.5 Å². The van der Waals surface area contributed by atoms with Crippen molar-refractivity contribution in [3.8, 4) is 17.6 Å². The molecule has 0 saturated carbocycles. The van der Waals surface area contributed by atoms with Crippen molar-refractivity contribution in [1.29, 1.82) is 5.26 Å². The van der Waals surface area contributed by atoms with Gasteiger partial charge in [0.05, 0.1) is 43.1 Å². The van der Waals surface area contributed by atoms with Gasteiger partial charge in [-0.3, -0.25) is 4.79 Å². The van der Waals surface area contributed by atoms with Gasteiger partial charge in [0, 0.05) is 11.8 Å². The summed E-state index contributed by atoms with van der Waals surface area (Å²) in [4.78, 5) is 12.1. The number of halogens is 1. The number of carbonyl (C=O) groups is 1. The maximum atomic E-state index is 12.1. The number of ether oxygens (including phenoxy) is 2. The van der Waals surface area contributed by atoms with E-state index in [2.05, 4.69) is 10.6 Å². The molecule has 2 N–H and O–H groups in total. The SMILES string of the molecule is COc1cc(OC)c(NC(=O)CNc2ccc(C#N)cc2)cc1Cl. The second-order valence-corrected chi connectivity index (χ2v) is 5.19. The first kappa shape index (κ1) is 17.4. The summed E-state index contributed by atoms with van der Waals surface area (Å²) in [5.74, 6) is 0.643. The quantitative estimate of drug-likeness (QED) is 0.839. The van der Waals surface area contributed by atoms with Crippen molar-refractivity contribution in [2.24, 2.45) is 0 Å². The number of nitrogens with one attached hydrogen (secondary N) is 2. The molecule has 2 aromatic rings. The van der Waals surface area contributed by atoms with Crippen LogP contribution in [-0.4, -0.2) is 26.7 Å². The van der Waals surface area contributed by atoms with Gasteiger partial charge in [-0.05, 0) is 30.3 Å². The molecule has 6 nitrogen and oxygen atoms in total. The molecule has 0 aliphatic rings. The largest absolute Gasteiger partial charge is 0.495 e. The van der Waals surface area contributed by atoms with Crippen molar-refractivity contribution in [1.82, 2.24) is 0 Å². The van der Waals surface area contributed by atoms with Gasteiger partial charge in [0.2, 0.25) is 5.91 Å². The minimum Gasteiger partial charge on any atom is -0.495 e. The van der Waals surface area contributed by atoms with Gasteiger partial charge < -0.3 is 20.1 Å². The summed E-state index contributed by atoms with van der Waals surface area (Å²) >= 11 is 6.07. The van der Waals surface area contributed by atoms with E-state index < -0.39 is 0 Å². The van der Waals surface area contributed by atoms with Crippen LogP contribution in [0.3, 0.4) is 0 Å². The molecule has 0 aromatic heterocycles. The van der Waals surface area contributed by atoms with Crippen LogP contribution in [0.15, 0.2) is 36.4 Å². The predicted molar refractivity (Wildman–Crippen MR) is 92.8 cm³/mol. The van der Waals surface area contributed by atoms with Gasteiger partial charge in [-0.15, -0.1) is 0 Å². The third-order valence-electron chi connectivity index (χ3n) is 3.22. The molecule has 0 bridgehead atoms. The fraction of sp³-hybridized carbons (Fsp3) is 0.176. The molecule has 0 atom stereocenters. The summed E-state index contributed by atoms with van der Waals surface area (Å²) in [7, 11) is 2.99. The van der Waals surface area contributed by atoms with Crippen molar-refractivity contribution in [2.75, 3.05) is 31.4 Å². The molecule has 7 heteroatoms. The Morgan fingerprint density at radius 1 is 1.17 bits per heavy atom. The van der Waals surface area contributed by atoms with Crippen LogP contribution in [0.25, 0.3) is 0 Å². The maximum absolute atomic E-state index is 12.1. The number of benzene rings is 2. The van der Waals surface area contributed by atoms with Gasteiger partial charge in [-0.1, -0.05) is 11.6 Å². The van der Waals surface area contributed by atoms with E-state index >= 15 is 0 Å². The lowest BCUT2D eigenvalue weighted by atomic mass is 10.2. The fourth-order valence-electron chi connectivity index (χ4n) is 2.00. The predicted octanol–water partition coefficient (Wildman–Crippen LogP) is 3.28. The first-order chi connectivity index (χ1) is 11.6. The minimum atomic E-state index is -0.265. The summed E-state index contributed by atoms with van der Waals surface area (Å²) in [6, 6.07) is 12.0. The molecule has 0 saturated heterocycles. The lowest BCUT2D eigenvalue weighted by Gasteiger charge is -2.13. The fourth-order valence-corrected chi connectivity index (χ4v) is 2.24. The highest BCUT2D eigenvalue weighted by Crippen LogP contribution is 2.35. The van der Waals surface area contributed by atoms with Gasteiger partial charge in [0.25, 0.3) is 0 Å². The zero-order chi connectivity index (χ0) is 17.5. The van der Waals surface area contributed by atoms with Gasteiger partial charge in [0.15, 0.2) is 0 Å². The molecule has 0 fully saturated rings. The minimum absolute atomic E-state index is 0.0543. The van der Waals surface area contributed by atoms with E-state index in [0.29, 0.717) is 27.8 Å². The number of rotatable bonds is 6. The molecule has 0 aliphatic heterocycles. The molecule has 0 unspecified atom stereocenters. The van der Waals surface area contributed by atoms with E-state index in [1.54, 1.807) is 36.4 Å². The Balaban J connectivity index is 2.01. The van der Waals surface area contributed by atoms with E-state index in [4.69, 9.17) is 26.3 Å². The molecule has 24 heavy (non-hydrogen) atoms. The number of amides is 1. The summed E-state index contributed by atoms with van der Waals surface area (Å²) in [6.07, 6.45) is 0. The highest BCUT2D eigenvalue weighted by atomic mass is 35.5. The highest BCUT2D eigenvalue weighted by molar-refractivity contribution is 6.32. The second-order valence-electron chi connectivity index (χ2n) is 4.78. The lowest BCUT2D eigenvalue weighted by molar-refractivity contribution is -0.114. The molecule has 2 rings (SSSR count). The smallest absolute Gasteiger partial charge is 0.243 e. The third-order valence-corrected chi connectivity index (χ3v) is 3.51. The Morgan fingerprint density at radius 2 is 1.83 bits per heavy atom. The van der Waals surface area contributed by atoms with Crippen molar-refractivity contribution in [3.63, 3.8) is 0 Å². The van der Waals surface area contributed by atoms with Crippen molar-refractivity contribution >= 4 is 28.9 Å². The number of nitrogens with zero attached hydrogens (tertiary/aromatic N) is 1. The van der Waals surface area contributed by atoms with E-state index in [1.165, 1.54) is 14.2 Å². The Kier molecular flexibility index (Phi) is 5.88. The summed E-state index contributed by atoms with van der Waals surface area (Å²) in [5, 5.41) is 14.8. The molecule has 0 spiro atoms. The molecular formula is C17H16ClN3O3. The van der Waals surface area contributed by atoms with Crippen LogP contribution in [0.1, 0.15) is 5.56 Å². The first-order valence-electron chi connectivity index (χ1n) is 7.02. The standard InChI is InChI=1S/C17H16ClN3O3/c1-23-15-8-16(24-2)14(7-13(15)18)21-17(22)10-20-12-5-3-11(9-19)4-6-12/h3-8,20H,10H2,1-2H3,(H,21,22). The van der Waals surface area contributed by atoms with Crippen LogP contribution in [-0.2, 0) is 4.79 Å². The molecule has 0 aliphatic carbocycles. The number of hydrogen-bond donors (Lipinski definition) is 2. The first-order valence-corrected chi connectivity index (χ1v) is 7.40. The lowest BCUT2D eigenvalue weighted by Crippen LogP contribution is -2.22. The topological polar surface area (TPSA) is 83.4 Å². The van der Waals surface area contributed by atoms with Crippen LogP contribution < -0.4 is 20.1 Å². The number of nitriles is 1. The normalized spacial score (nSPS) is 9.75. The second kappa shape index (κ2) is 8.09. The van der Waals surface area contributed by atoms with Crippen molar-refractivity contribution in [3.05, 3.63) is 47.0 Å². The number of methoxy groups -OCH3 is 2. The van der Waals surface area contributed by atoms with Crippen LogP contribution in [0.2, 0.25) is 5.02 Å². The van der Waals surface area contributed by atoms with Gasteiger partial charge in [0.1, 0.15) is 11.5 Å². The van der Waals surface area contributed by atoms with Crippen molar-refractivity contribution < 1.29 is 14.3 Å². The van der Waals surface area contributed by atoms with Gasteiger partial charge in [-0.2, -0.15) is 5.26 Å². The van der Waals surface area contributed by atoms with E-state index in [0.717, 1.165) is 5.69 Å². The Hall–Kier alpha value is -2.91. The molecule has 124 valence electrons. The molecule has 0 radical (unpaired) electrons. The zero-order valence-electron chi connectivity index (χ0n) is 13.2. The van der Waals surface area contributed by atoms with E-state index in [9.17, 15) is 4.79 Å². The third kappa shape index (κ3) is 4.31. The van der Waals surface area contributed by atoms with Crippen molar-refractivity contribution in [2.45, 2.75) is 0 Å². The number of carbonyl (C=O) groups excluding carboxylic acids is 1. The molecule has 1 amide bonds. The van der Waals surface area contributed by atoms with Crippen LogP contribution >= 0.6 is 11.6 Å². The number of hydrogen-bond acceptors (Lipinski definition) is 5. The van der Waals surface area contributed by atoms with Gasteiger partial charge >= 0.3 is 0 Å². The number of anilines is 2. The van der Waals surface area contributed by atoms with Crippen LogP contribution in [0.4, 0.5) is 11.4 Å². The van der Waals surface area contributed by atoms with Crippen LogP contribution in [0, 0.1) is 11.3 Å². The highest BCUT2D eigenvalue weighted by Gasteiger charge is 2.12. The Bertz CT molecular complexity index is 770. The van der Waals surface area contributed by atoms with E-state index in [1.807, 2.05) is 6.07 Å². The Morgan fingerprint density at radius 3 is 2.42 bits per heavy atom. The van der Waals surface area contributed by atoms with Gasteiger partial charge in [-0.25, -0.2) is 0 Å². The van der Waals surface area contributed by atoms with Crippen LogP contribution in [0.5, 0.6) is 11.5 Å². The molecule has 2 aromatic carbocycles. The Labute approximate surface area is 144 Å². The summed E-state index contributed by atoms with van der Waals surface area (Å²) < 4.78 is 10.3. The summed E-state index contributed by atoms with van der Waals surface area (Å²) in [6.45, 7) is 0.0543. The molecular weight excluding hydrogens is 330 g/mol. The maximum Gasteiger partial charge on any atom is 0.243 e. The monoisotopic (exact) mass is 345 g/mol. The average Bonchev–Trinajstić information content (AvgIpc) is 2.60. The summed E-state index contributed by atoms with van der Waals surface area (Å²) in [5.41, 5.74) is 1.75. The average molecular weight is 346 g/mol.